The number of pyridine rings is 1. The highest BCUT2D eigenvalue weighted by Crippen LogP contribution is 2.31. The van der Waals surface area contributed by atoms with E-state index in [1.807, 2.05) is 6.92 Å². The van der Waals surface area contributed by atoms with Gasteiger partial charge in [0.1, 0.15) is 12.3 Å². The Morgan fingerprint density at radius 3 is 2.67 bits per heavy atom. The molecule has 0 atom stereocenters. The molecule has 0 spiro atoms. The normalized spacial score (nSPS) is 21.0. The zero-order valence-electron chi connectivity index (χ0n) is 13.6. The topological polar surface area (TPSA) is 126 Å². The molecule has 128 valence electrons. The van der Waals surface area contributed by atoms with E-state index < -0.39 is 5.91 Å². The molecule has 0 saturated heterocycles. The van der Waals surface area contributed by atoms with Gasteiger partial charge in [0.2, 0.25) is 11.9 Å². The van der Waals surface area contributed by atoms with E-state index in [1.54, 1.807) is 16.7 Å². The first-order valence-electron chi connectivity index (χ1n) is 8.01. The minimum absolute atomic E-state index is 0.000796. The van der Waals surface area contributed by atoms with Gasteiger partial charge < -0.3 is 16.2 Å². The number of aryl methyl sites for hydroxylation is 1. The highest BCUT2D eigenvalue weighted by molar-refractivity contribution is 5.78. The molecule has 8 heteroatoms. The van der Waals surface area contributed by atoms with E-state index in [-0.39, 0.29) is 30.3 Å². The number of nitrogens with zero attached hydrogens (tertiary/aromatic N) is 3. The van der Waals surface area contributed by atoms with E-state index in [4.69, 9.17) is 16.2 Å². The third kappa shape index (κ3) is 3.23. The van der Waals surface area contributed by atoms with E-state index in [0.29, 0.717) is 5.65 Å². The maximum atomic E-state index is 12.4. The number of anilines is 1. The first kappa shape index (κ1) is 16.4. The number of amides is 1. The third-order valence-corrected chi connectivity index (χ3v) is 4.46. The van der Waals surface area contributed by atoms with Crippen LogP contribution in [0.5, 0.6) is 0 Å². The Morgan fingerprint density at radius 2 is 2.00 bits per heavy atom. The van der Waals surface area contributed by atoms with Gasteiger partial charge in [-0.05, 0) is 38.7 Å². The zero-order valence-corrected chi connectivity index (χ0v) is 13.6. The first-order chi connectivity index (χ1) is 11.5. The van der Waals surface area contributed by atoms with Crippen LogP contribution in [0.3, 0.4) is 0 Å². The second-order valence-electron chi connectivity index (χ2n) is 6.15. The van der Waals surface area contributed by atoms with Crippen molar-refractivity contribution in [2.75, 3.05) is 12.3 Å². The summed E-state index contributed by atoms with van der Waals surface area (Å²) < 4.78 is 7.19. The van der Waals surface area contributed by atoms with Crippen molar-refractivity contribution < 1.29 is 9.53 Å². The lowest BCUT2D eigenvalue weighted by Gasteiger charge is -2.30. The van der Waals surface area contributed by atoms with Crippen LogP contribution >= 0.6 is 0 Å². The van der Waals surface area contributed by atoms with Gasteiger partial charge in [-0.2, -0.15) is 4.98 Å². The summed E-state index contributed by atoms with van der Waals surface area (Å²) in [6, 6.07) is 3.32. The number of nitrogen functional groups attached to an aromatic ring is 1. The van der Waals surface area contributed by atoms with Crippen LogP contribution in [0.2, 0.25) is 0 Å². The van der Waals surface area contributed by atoms with Crippen LogP contribution in [0.4, 0.5) is 5.95 Å². The molecule has 2 aromatic rings. The number of hydrogen-bond acceptors (Lipinski definition) is 6. The van der Waals surface area contributed by atoms with E-state index in [2.05, 4.69) is 9.97 Å². The van der Waals surface area contributed by atoms with Crippen LogP contribution in [0, 0.1) is 6.92 Å². The van der Waals surface area contributed by atoms with E-state index in [9.17, 15) is 9.59 Å². The first-order valence-corrected chi connectivity index (χ1v) is 8.01. The van der Waals surface area contributed by atoms with Gasteiger partial charge in [0.25, 0.3) is 5.56 Å². The fourth-order valence-electron chi connectivity index (χ4n) is 3.33. The predicted octanol–water partition coefficient (Wildman–Crippen LogP) is 0.668. The number of rotatable bonds is 4. The summed E-state index contributed by atoms with van der Waals surface area (Å²) in [7, 11) is 0. The SMILES string of the molecule is Cc1nc(N)nc2c1ccc(=O)n2C1CCC(OCC(N)=O)CC1. The molecule has 2 aromatic heterocycles. The van der Waals surface area contributed by atoms with E-state index in [0.717, 1.165) is 36.8 Å². The summed E-state index contributed by atoms with van der Waals surface area (Å²) in [5.74, 6) is -0.303. The number of primary amides is 1. The van der Waals surface area contributed by atoms with Gasteiger partial charge in [-0.1, -0.05) is 0 Å². The van der Waals surface area contributed by atoms with Crippen LogP contribution in [-0.4, -0.2) is 33.2 Å². The number of carbonyl (C=O) groups excluding carboxylic acids is 1. The Kier molecular flexibility index (Phi) is 4.48. The summed E-state index contributed by atoms with van der Waals surface area (Å²) in [6.07, 6.45) is 3.07. The van der Waals surface area contributed by atoms with Gasteiger partial charge in [-0.3, -0.25) is 14.2 Å². The lowest BCUT2D eigenvalue weighted by atomic mass is 9.92. The Balaban J connectivity index is 1.87. The Bertz CT molecular complexity index is 824. The van der Waals surface area contributed by atoms with Gasteiger partial charge in [0.05, 0.1) is 11.8 Å². The van der Waals surface area contributed by atoms with Crippen molar-refractivity contribution in [2.24, 2.45) is 5.73 Å². The van der Waals surface area contributed by atoms with Crippen LogP contribution in [0.1, 0.15) is 37.4 Å². The Morgan fingerprint density at radius 1 is 1.29 bits per heavy atom. The van der Waals surface area contributed by atoms with Gasteiger partial charge >= 0.3 is 0 Å². The number of aromatic nitrogens is 3. The summed E-state index contributed by atoms with van der Waals surface area (Å²) >= 11 is 0. The van der Waals surface area contributed by atoms with Crippen LogP contribution in [0.15, 0.2) is 16.9 Å². The summed E-state index contributed by atoms with van der Waals surface area (Å²) in [5, 5.41) is 0.830. The summed E-state index contributed by atoms with van der Waals surface area (Å²) in [5.41, 5.74) is 12.1. The minimum atomic E-state index is -0.468. The molecule has 0 bridgehead atoms. The smallest absolute Gasteiger partial charge is 0.252 e. The van der Waals surface area contributed by atoms with Gasteiger partial charge in [-0.25, -0.2) is 4.98 Å². The molecule has 1 fully saturated rings. The molecule has 3 rings (SSSR count). The zero-order chi connectivity index (χ0) is 17.3. The minimum Gasteiger partial charge on any atom is -0.368 e. The molecule has 0 aromatic carbocycles. The van der Waals surface area contributed by atoms with Crippen LogP contribution in [0.25, 0.3) is 11.0 Å². The average Bonchev–Trinajstić information content (AvgIpc) is 2.53. The van der Waals surface area contributed by atoms with Crippen LogP contribution in [-0.2, 0) is 9.53 Å². The highest BCUT2D eigenvalue weighted by Gasteiger charge is 2.25. The molecule has 2 heterocycles. The Labute approximate surface area is 138 Å². The molecule has 1 aliphatic carbocycles. The van der Waals surface area contributed by atoms with E-state index >= 15 is 0 Å². The second kappa shape index (κ2) is 6.56. The third-order valence-electron chi connectivity index (χ3n) is 4.46. The molecule has 0 radical (unpaired) electrons. The molecule has 1 aliphatic rings. The predicted molar refractivity (Wildman–Crippen MR) is 89.4 cm³/mol. The van der Waals surface area contributed by atoms with Crippen molar-refractivity contribution in [3.63, 3.8) is 0 Å². The fraction of sp³-hybridized carbons (Fsp3) is 0.500. The van der Waals surface area contributed by atoms with E-state index in [1.165, 1.54) is 0 Å². The number of nitrogens with two attached hydrogens (primary N) is 2. The van der Waals surface area contributed by atoms with Gasteiger partial charge in [-0.15, -0.1) is 0 Å². The largest absolute Gasteiger partial charge is 0.368 e. The van der Waals surface area contributed by atoms with Crippen molar-refractivity contribution in [3.8, 4) is 0 Å². The quantitative estimate of drug-likeness (QED) is 0.848. The van der Waals surface area contributed by atoms with Crippen molar-refractivity contribution in [2.45, 2.75) is 44.8 Å². The monoisotopic (exact) mass is 331 g/mol. The molecule has 24 heavy (non-hydrogen) atoms. The fourth-order valence-corrected chi connectivity index (χ4v) is 3.33. The lowest BCUT2D eigenvalue weighted by Crippen LogP contribution is -2.32. The molecule has 0 unspecified atom stereocenters. The number of hydrogen-bond donors (Lipinski definition) is 2. The molecular weight excluding hydrogens is 310 g/mol. The molecule has 1 saturated carbocycles. The standard InChI is InChI=1S/C16H21N5O3/c1-9-12-6-7-14(23)21(15(12)20-16(18)19-9)10-2-4-11(5-3-10)24-8-13(17)22/h6-7,10-11H,2-5,8H2,1H3,(H2,17,22)(H2,18,19,20). The lowest BCUT2D eigenvalue weighted by molar-refractivity contribution is -0.125. The van der Waals surface area contributed by atoms with Gasteiger partial charge in [0.15, 0.2) is 0 Å². The molecule has 1 amide bonds. The number of carbonyl (C=O) groups is 1. The number of fused-ring (bicyclic) bond motifs is 1. The van der Waals surface area contributed by atoms with Crippen molar-refractivity contribution >= 4 is 22.9 Å². The highest BCUT2D eigenvalue weighted by atomic mass is 16.5. The average molecular weight is 331 g/mol. The van der Waals surface area contributed by atoms with Gasteiger partial charge in [0, 0.05) is 17.5 Å². The summed E-state index contributed by atoms with van der Waals surface area (Å²) in [4.78, 5) is 31.7. The van der Waals surface area contributed by atoms with Crippen molar-refractivity contribution in [1.82, 2.24) is 14.5 Å². The Hall–Kier alpha value is -2.48. The summed E-state index contributed by atoms with van der Waals surface area (Å²) in [6.45, 7) is 1.79. The number of ether oxygens (including phenoxy) is 1. The van der Waals surface area contributed by atoms with Crippen LogP contribution < -0.4 is 17.0 Å². The molecule has 0 aliphatic heterocycles. The maximum Gasteiger partial charge on any atom is 0.252 e. The molecule has 8 nitrogen and oxygen atoms in total. The molecule has 4 N–H and O–H groups in total. The second-order valence-corrected chi connectivity index (χ2v) is 6.15. The van der Waals surface area contributed by atoms with Crippen molar-refractivity contribution in [1.29, 1.82) is 0 Å². The van der Waals surface area contributed by atoms with Crippen molar-refractivity contribution in [3.05, 3.63) is 28.2 Å². The maximum absolute atomic E-state index is 12.4. The molecular formula is C16H21N5O3.